The maximum absolute atomic E-state index is 12.9. The summed E-state index contributed by atoms with van der Waals surface area (Å²) in [6.07, 6.45) is 12.2. The fraction of sp³-hybridized carbons (Fsp3) is 0.652. The number of carbonyl (C=O) groups excluding carboxylic acids is 1. The van der Waals surface area contributed by atoms with Gasteiger partial charge in [0.1, 0.15) is 11.6 Å². The van der Waals surface area contributed by atoms with Gasteiger partial charge in [-0.3, -0.25) is 4.79 Å². The summed E-state index contributed by atoms with van der Waals surface area (Å²) in [5, 5.41) is 4.16. The fourth-order valence-electron chi connectivity index (χ4n) is 4.84. The number of carbonyl (C=O) groups is 1. The van der Waals surface area contributed by atoms with Crippen molar-refractivity contribution in [2.45, 2.75) is 71.6 Å². The van der Waals surface area contributed by atoms with Crippen LogP contribution in [0.4, 0.5) is 10.9 Å². The molecule has 7 heteroatoms. The minimum atomic E-state index is 0.368. The topological polar surface area (TPSA) is 71.0 Å². The van der Waals surface area contributed by atoms with Gasteiger partial charge in [0.25, 0.3) is 0 Å². The molecule has 2 aliphatic rings. The van der Waals surface area contributed by atoms with Crippen LogP contribution in [0.15, 0.2) is 12.3 Å². The van der Waals surface area contributed by atoms with E-state index >= 15 is 0 Å². The summed E-state index contributed by atoms with van der Waals surface area (Å²) in [6, 6.07) is 2.03. The highest BCUT2D eigenvalue weighted by Crippen LogP contribution is 2.29. The van der Waals surface area contributed by atoms with E-state index in [0.29, 0.717) is 17.7 Å². The van der Waals surface area contributed by atoms with Crippen LogP contribution in [0, 0.1) is 25.7 Å². The molecule has 2 fully saturated rings. The van der Waals surface area contributed by atoms with Crippen molar-refractivity contribution in [2.75, 3.05) is 18.4 Å². The normalized spacial score (nSPS) is 20.3. The number of rotatable bonds is 6. The highest BCUT2D eigenvalue weighted by molar-refractivity contribution is 7.15. The lowest BCUT2D eigenvalue weighted by atomic mass is 9.86. The minimum absolute atomic E-state index is 0.368. The lowest BCUT2D eigenvalue weighted by molar-refractivity contribution is -0.134. The first-order chi connectivity index (χ1) is 14.5. The van der Waals surface area contributed by atoms with Crippen molar-refractivity contribution < 1.29 is 4.79 Å². The number of nitrogens with one attached hydrogen (secondary N) is 1. The Morgan fingerprint density at radius 2 is 1.93 bits per heavy atom. The van der Waals surface area contributed by atoms with Gasteiger partial charge in [-0.1, -0.05) is 19.3 Å². The van der Waals surface area contributed by atoms with Crippen LogP contribution in [0.25, 0.3) is 0 Å². The van der Waals surface area contributed by atoms with Crippen LogP contribution in [-0.2, 0) is 11.2 Å². The number of anilines is 2. The van der Waals surface area contributed by atoms with Gasteiger partial charge in [0.15, 0.2) is 5.13 Å². The lowest BCUT2D eigenvalue weighted by Gasteiger charge is -2.34. The Balaban J connectivity index is 1.35. The van der Waals surface area contributed by atoms with E-state index in [-0.39, 0.29) is 0 Å². The van der Waals surface area contributed by atoms with Crippen LogP contribution in [-0.4, -0.2) is 38.8 Å². The maximum atomic E-state index is 12.9. The molecule has 0 radical (unpaired) electrons. The van der Waals surface area contributed by atoms with Crippen LogP contribution >= 0.6 is 11.3 Å². The molecule has 1 aliphatic carbocycles. The third-order valence-corrected chi connectivity index (χ3v) is 7.13. The molecule has 1 aliphatic heterocycles. The van der Waals surface area contributed by atoms with Crippen LogP contribution < -0.4 is 5.32 Å². The van der Waals surface area contributed by atoms with Crippen molar-refractivity contribution in [3.8, 4) is 0 Å². The highest BCUT2D eigenvalue weighted by atomic mass is 32.1. The lowest BCUT2D eigenvalue weighted by Crippen LogP contribution is -2.41. The molecule has 6 nitrogen and oxygen atoms in total. The zero-order valence-electron chi connectivity index (χ0n) is 18.2. The fourth-order valence-corrected chi connectivity index (χ4v) is 5.51. The summed E-state index contributed by atoms with van der Waals surface area (Å²) in [7, 11) is 0. The zero-order valence-corrected chi connectivity index (χ0v) is 19.0. The number of amides is 1. The summed E-state index contributed by atoms with van der Waals surface area (Å²) in [5.74, 6) is 3.02. The molecule has 0 spiro atoms. The molecular weight excluding hydrogens is 394 g/mol. The molecule has 0 unspecified atom stereocenters. The zero-order chi connectivity index (χ0) is 20.9. The smallest absolute Gasteiger partial charge is 0.222 e. The molecule has 162 valence electrons. The van der Waals surface area contributed by atoms with Crippen LogP contribution in [0.2, 0.25) is 0 Å². The van der Waals surface area contributed by atoms with E-state index in [1.54, 1.807) is 11.3 Å². The first-order valence-corrected chi connectivity index (χ1v) is 12.2. The Morgan fingerprint density at radius 1 is 1.13 bits per heavy atom. The molecule has 2 aromatic rings. The second kappa shape index (κ2) is 9.86. The van der Waals surface area contributed by atoms with Gasteiger partial charge in [0.2, 0.25) is 5.91 Å². The number of hydrogen-bond donors (Lipinski definition) is 1. The predicted octanol–water partition coefficient (Wildman–Crippen LogP) is 5.05. The van der Waals surface area contributed by atoms with Gasteiger partial charge >= 0.3 is 0 Å². The SMILES string of the molecule is Cc1nc(C[C@H]2CCCN(C(=O)CC3CCCCC3)C2)cc(Nc2ncc(C)s2)n1. The number of hydrogen-bond acceptors (Lipinski definition) is 6. The number of aromatic nitrogens is 3. The Hall–Kier alpha value is -2.02. The highest BCUT2D eigenvalue weighted by Gasteiger charge is 2.26. The van der Waals surface area contributed by atoms with Gasteiger partial charge in [-0.15, -0.1) is 11.3 Å². The largest absolute Gasteiger partial charge is 0.342 e. The van der Waals surface area contributed by atoms with Crippen LogP contribution in [0.1, 0.15) is 67.8 Å². The Labute approximate surface area is 183 Å². The molecule has 1 saturated heterocycles. The Kier molecular flexibility index (Phi) is 6.97. The third kappa shape index (κ3) is 5.78. The van der Waals surface area contributed by atoms with E-state index in [9.17, 15) is 4.79 Å². The second-order valence-corrected chi connectivity index (χ2v) is 10.2. The number of piperidine rings is 1. The standard InChI is InChI=1S/C23H33N5OS/c1-16-14-24-23(30-16)27-21-13-20(25-17(2)26-21)11-19-9-6-10-28(15-19)22(29)12-18-7-4-3-5-8-18/h13-14,18-19H,3-12,15H2,1-2H3,(H,24,25,26,27)/t19-/m1/s1. The average Bonchev–Trinajstić information content (AvgIpc) is 3.13. The average molecular weight is 428 g/mol. The summed E-state index contributed by atoms with van der Waals surface area (Å²) in [5.41, 5.74) is 1.05. The van der Waals surface area contributed by atoms with Gasteiger partial charge in [0, 0.05) is 42.3 Å². The quantitative estimate of drug-likeness (QED) is 0.699. The first-order valence-electron chi connectivity index (χ1n) is 11.4. The summed E-state index contributed by atoms with van der Waals surface area (Å²) in [6.45, 7) is 5.76. The van der Waals surface area contributed by atoms with Crippen molar-refractivity contribution in [1.82, 2.24) is 19.9 Å². The van der Waals surface area contributed by atoms with Crippen molar-refractivity contribution in [2.24, 2.45) is 11.8 Å². The van der Waals surface area contributed by atoms with Crippen molar-refractivity contribution in [3.05, 3.63) is 28.7 Å². The van der Waals surface area contributed by atoms with E-state index in [2.05, 4.69) is 25.2 Å². The Morgan fingerprint density at radius 3 is 2.70 bits per heavy atom. The van der Waals surface area contributed by atoms with Gasteiger partial charge in [-0.2, -0.15) is 0 Å². The molecule has 1 amide bonds. The molecule has 30 heavy (non-hydrogen) atoms. The summed E-state index contributed by atoms with van der Waals surface area (Å²) < 4.78 is 0. The van der Waals surface area contributed by atoms with Gasteiger partial charge in [0.05, 0.1) is 0 Å². The molecule has 1 N–H and O–H groups in total. The molecule has 1 atom stereocenters. The minimum Gasteiger partial charge on any atom is -0.342 e. The maximum Gasteiger partial charge on any atom is 0.222 e. The van der Waals surface area contributed by atoms with Gasteiger partial charge in [-0.05, 0) is 57.8 Å². The number of likely N-dealkylation sites (tertiary alicyclic amines) is 1. The third-order valence-electron chi connectivity index (χ3n) is 6.30. The number of thiazole rings is 1. The first kappa shape index (κ1) is 21.2. The summed E-state index contributed by atoms with van der Waals surface area (Å²) >= 11 is 1.62. The molecule has 0 aromatic carbocycles. The predicted molar refractivity (Wildman–Crippen MR) is 121 cm³/mol. The molecule has 2 aromatic heterocycles. The van der Waals surface area contributed by atoms with Gasteiger partial charge in [-0.25, -0.2) is 15.0 Å². The van der Waals surface area contributed by atoms with E-state index < -0.39 is 0 Å². The molecule has 0 bridgehead atoms. The molecule has 1 saturated carbocycles. The van der Waals surface area contributed by atoms with E-state index in [1.807, 2.05) is 26.1 Å². The van der Waals surface area contributed by atoms with E-state index in [4.69, 9.17) is 0 Å². The molecular formula is C23H33N5OS. The second-order valence-electron chi connectivity index (χ2n) is 8.95. The van der Waals surface area contributed by atoms with Gasteiger partial charge < -0.3 is 10.2 Å². The number of nitrogens with zero attached hydrogens (tertiary/aromatic N) is 4. The van der Waals surface area contributed by atoms with Crippen molar-refractivity contribution in [3.63, 3.8) is 0 Å². The van der Waals surface area contributed by atoms with Crippen LogP contribution in [0.3, 0.4) is 0 Å². The van der Waals surface area contributed by atoms with Crippen molar-refractivity contribution in [1.29, 1.82) is 0 Å². The number of aryl methyl sites for hydroxylation is 2. The van der Waals surface area contributed by atoms with E-state index in [1.165, 1.54) is 37.0 Å². The van der Waals surface area contributed by atoms with Crippen molar-refractivity contribution >= 4 is 28.2 Å². The Bertz CT molecular complexity index is 861. The monoisotopic (exact) mass is 427 g/mol. The van der Waals surface area contributed by atoms with E-state index in [0.717, 1.165) is 61.2 Å². The molecule has 4 rings (SSSR count). The molecule has 3 heterocycles. The van der Waals surface area contributed by atoms with Crippen LogP contribution in [0.5, 0.6) is 0 Å². The summed E-state index contributed by atoms with van der Waals surface area (Å²) in [4.78, 5) is 29.7.